The summed E-state index contributed by atoms with van der Waals surface area (Å²) in [5.41, 5.74) is 4.48. The molecule has 0 aliphatic rings. The summed E-state index contributed by atoms with van der Waals surface area (Å²) >= 11 is 6.03. The van der Waals surface area contributed by atoms with Gasteiger partial charge in [-0.25, -0.2) is 0 Å². The van der Waals surface area contributed by atoms with Gasteiger partial charge in [0.15, 0.2) is 11.5 Å². The number of hydrogen-bond acceptors (Lipinski definition) is 3. The molecule has 2 rings (SSSR count). The Balaban J connectivity index is 2.16. The lowest BCUT2D eigenvalue weighted by atomic mass is 10.1. The van der Waals surface area contributed by atoms with E-state index >= 15 is 0 Å². The highest BCUT2D eigenvalue weighted by Crippen LogP contribution is 2.35. The number of aryl methyl sites for hydroxylation is 2. The monoisotopic (exact) mass is 305 g/mol. The molecule has 0 saturated heterocycles. The highest BCUT2D eigenvalue weighted by atomic mass is 35.5. The van der Waals surface area contributed by atoms with Crippen LogP contribution in [0.2, 0.25) is 5.02 Å². The molecule has 2 N–H and O–H groups in total. The molecule has 2 aromatic rings. The minimum Gasteiger partial charge on any atom is -0.503 e. The van der Waals surface area contributed by atoms with Gasteiger partial charge in [-0.05, 0) is 50.1 Å². The van der Waals surface area contributed by atoms with Gasteiger partial charge >= 0.3 is 0 Å². The SMILES string of the molecule is CCOc1cc(CNc2ccc(C)cc2C)cc(Cl)c1O. The molecule has 0 radical (unpaired) electrons. The first-order chi connectivity index (χ1) is 10.0. The molecule has 0 fully saturated rings. The van der Waals surface area contributed by atoms with Crippen LogP contribution in [0.3, 0.4) is 0 Å². The Morgan fingerprint density at radius 2 is 1.95 bits per heavy atom. The van der Waals surface area contributed by atoms with Gasteiger partial charge in [0, 0.05) is 12.2 Å². The van der Waals surface area contributed by atoms with Crippen molar-refractivity contribution in [2.45, 2.75) is 27.3 Å². The van der Waals surface area contributed by atoms with Gasteiger partial charge in [0.1, 0.15) is 0 Å². The summed E-state index contributed by atoms with van der Waals surface area (Å²) in [6.07, 6.45) is 0. The maximum Gasteiger partial charge on any atom is 0.176 e. The summed E-state index contributed by atoms with van der Waals surface area (Å²) < 4.78 is 5.39. The summed E-state index contributed by atoms with van der Waals surface area (Å²) in [6.45, 7) is 7.12. The van der Waals surface area contributed by atoms with Crippen molar-refractivity contribution in [1.29, 1.82) is 0 Å². The first-order valence-corrected chi connectivity index (χ1v) is 7.34. The van der Waals surface area contributed by atoms with Crippen LogP contribution in [-0.4, -0.2) is 11.7 Å². The highest BCUT2D eigenvalue weighted by molar-refractivity contribution is 6.32. The lowest BCUT2D eigenvalue weighted by Crippen LogP contribution is -2.02. The van der Waals surface area contributed by atoms with Crippen LogP contribution in [0.1, 0.15) is 23.6 Å². The number of halogens is 1. The zero-order chi connectivity index (χ0) is 15.4. The smallest absolute Gasteiger partial charge is 0.176 e. The van der Waals surface area contributed by atoms with Crippen molar-refractivity contribution in [2.75, 3.05) is 11.9 Å². The van der Waals surface area contributed by atoms with Crippen molar-refractivity contribution in [3.05, 3.63) is 52.0 Å². The van der Waals surface area contributed by atoms with Crippen LogP contribution in [0.25, 0.3) is 0 Å². The molecule has 0 heterocycles. The minimum atomic E-state index is -0.00576. The van der Waals surface area contributed by atoms with E-state index in [4.69, 9.17) is 16.3 Å². The normalized spacial score (nSPS) is 10.5. The van der Waals surface area contributed by atoms with Crippen LogP contribution in [0, 0.1) is 13.8 Å². The van der Waals surface area contributed by atoms with E-state index in [1.54, 1.807) is 12.1 Å². The van der Waals surface area contributed by atoms with Gasteiger partial charge < -0.3 is 15.2 Å². The first kappa shape index (κ1) is 15.5. The van der Waals surface area contributed by atoms with E-state index in [2.05, 4.69) is 37.4 Å². The number of hydrogen-bond donors (Lipinski definition) is 2. The number of aromatic hydroxyl groups is 1. The molecule has 112 valence electrons. The van der Waals surface area contributed by atoms with Crippen LogP contribution < -0.4 is 10.1 Å². The van der Waals surface area contributed by atoms with Gasteiger partial charge in [-0.2, -0.15) is 0 Å². The molecule has 0 aliphatic carbocycles. The molecule has 0 unspecified atom stereocenters. The predicted octanol–water partition coefficient (Wildman–Crippen LogP) is 4.67. The zero-order valence-corrected chi connectivity index (χ0v) is 13.3. The van der Waals surface area contributed by atoms with Crippen molar-refractivity contribution in [2.24, 2.45) is 0 Å². The van der Waals surface area contributed by atoms with Gasteiger partial charge in [-0.15, -0.1) is 0 Å². The van der Waals surface area contributed by atoms with E-state index < -0.39 is 0 Å². The number of rotatable bonds is 5. The average molecular weight is 306 g/mol. The van der Waals surface area contributed by atoms with Crippen molar-refractivity contribution in [3.63, 3.8) is 0 Å². The highest BCUT2D eigenvalue weighted by Gasteiger charge is 2.09. The first-order valence-electron chi connectivity index (χ1n) is 6.96. The number of phenols is 1. The molecule has 21 heavy (non-hydrogen) atoms. The van der Waals surface area contributed by atoms with Crippen molar-refractivity contribution < 1.29 is 9.84 Å². The Bertz CT molecular complexity index is 641. The molecule has 0 amide bonds. The molecule has 0 atom stereocenters. The second-order valence-electron chi connectivity index (χ2n) is 5.03. The molecule has 4 heteroatoms. The van der Waals surface area contributed by atoms with E-state index in [0.29, 0.717) is 23.9 Å². The lowest BCUT2D eigenvalue weighted by molar-refractivity contribution is 0.318. The van der Waals surface area contributed by atoms with Crippen LogP contribution in [-0.2, 0) is 6.54 Å². The van der Waals surface area contributed by atoms with Gasteiger partial charge in [0.05, 0.1) is 11.6 Å². The number of benzene rings is 2. The quantitative estimate of drug-likeness (QED) is 0.843. The van der Waals surface area contributed by atoms with Gasteiger partial charge in [-0.3, -0.25) is 0 Å². The van der Waals surface area contributed by atoms with E-state index in [-0.39, 0.29) is 5.75 Å². The fourth-order valence-electron chi connectivity index (χ4n) is 2.20. The molecule has 2 aromatic carbocycles. The van der Waals surface area contributed by atoms with E-state index in [0.717, 1.165) is 11.3 Å². The summed E-state index contributed by atoms with van der Waals surface area (Å²) in [5.74, 6) is 0.413. The number of phenolic OH excluding ortho intramolecular Hbond substituents is 1. The third kappa shape index (κ3) is 3.82. The predicted molar refractivity (Wildman–Crippen MR) is 87.5 cm³/mol. The van der Waals surface area contributed by atoms with E-state index in [1.807, 2.05) is 6.92 Å². The molecule has 0 bridgehead atoms. The summed E-state index contributed by atoms with van der Waals surface area (Å²) in [4.78, 5) is 0. The Kier molecular flexibility index (Phi) is 4.97. The van der Waals surface area contributed by atoms with Crippen LogP contribution in [0.4, 0.5) is 5.69 Å². The zero-order valence-electron chi connectivity index (χ0n) is 12.5. The van der Waals surface area contributed by atoms with Crippen molar-refractivity contribution >= 4 is 17.3 Å². The van der Waals surface area contributed by atoms with E-state index in [1.165, 1.54) is 11.1 Å². The van der Waals surface area contributed by atoms with Gasteiger partial charge in [0.2, 0.25) is 0 Å². The fourth-order valence-corrected chi connectivity index (χ4v) is 2.44. The molecule has 0 aliphatic heterocycles. The second-order valence-corrected chi connectivity index (χ2v) is 5.44. The van der Waals surface area contributed by atoms with Crippen molar-refractivity contribution in [3.8, 4) is 11.5 Å². The fraction of sp³-hybridized carbons (Fsp3) is 0.294. The lowest BCUT2D eigenvalue weighted by Gasteiger charge is -2.13. The topological polar surface area (TPSA) is 41.5 Å². The molecular weight excluding hydrogens is 286 g/mol. The van der Waals surface area contributed by atoms with Gasteiger partial charge in [0.25, 0.3) is 0 Å². The van der Waals surface area contributed by atoms with Crippen LogP contribution in [0.15, 0.2) is 30.3 Å². The standard InChI is InChI=1S/C17H20ClNO2/c1-4-21-16-9-13(8-14(18)17(16)20)10-19-15-6-5-11(2)7-12(15)3/h5-9,19-20H,4,10H2,1-3H3. The summed E-state index contributed by atoms with van der Waals surface area (Å²) in [7, 11) is 0. The molecule has 0 spiro atoms. The number of ether oxygens (including phenoxy) is 1. The minimum absolute atomic E-state index is 0.00576. The third-order valence-corrected chi connectivity index (χ3v) is 3.54. The van der Waals surface area contributed by atoms with Crippen LogP contribution >= 0.6 is 11.6 Å². The largest absolute Gasteiger partial charge is 0.503 e. The van der Waals surface area contributed by atoms with Crippen LogP contribution in [0.5, 0.6) is 11.5 Å². The Hall–Kier alpha value is -1.87. The maximum absolute atomic E-state index is 9.84. The Morgan fingerprint density at radius 3 is 2.62 bits per heavy atom. The molecule has 0 saturated carbocycles. The summed E-state index contributed by atoms with van der Waals surface area (Å²) in [5, 5.41) is 13.5. The maximum atomic E-state index is 9.84. The van der Waals surface area contributed by atoms with E-state index in [9.17, 15) is 5.11 Å². The molecule has 0 aromatic heterocycles. The summed E-state index contributed by atoms with van der Waals surface area (Å²) in [6, 6.07) is 9.83. The molecule has 3 nitrogen and oxygen atoms in total. The molecular formula is C17H20ClNO2. The number of anilines is 1. The second kappa shape index (κ2) is 6.72. The van der Waals surface area contributed by atoms with Gasteiger partial charge in [-0.1, -0.05) is 29.3 Å². The third-order valence-electron chi connectivity index (χ3n) is 3.25. The average Bonchev–Trinajstić information content (AvgIpc) is 2.43. The van der Waals surface area contributed by atoms with Crippen molar-refractivity contribution in [1.82, 2.24) is 0 Å². The Morgan fingerprint density at radius 1 is 1.19 bits per heavy atom. The number of nitrogens with one attached hydrogen (secondary N) is 1. The Labute approximate surface area is 130 Å².